The van der Waals surface area contributed by atoms with Crippen LogP contribution in [0.3, 0.4) is 0 Å². The highest BCUT2D eigenvalue weighted by Crippen LogP contribution is 2.33. The largest absolute Gasteiger partial charge is 0.465 e. The summed E-state index contributed by atoms with van der Waals surface area (Å²) in [4.78, 5) is 12.4. The number of nitrogens with one attached hydrogen (secondary N) is 1. The van der Waals surface area contributed by atoms with Gasteiger partial charge in [0.05, 0.1) is 10.2 Å². The monoisotopic (exact) mass is 362 g/mol. The molecule has 1 heterocycles. The van der Waals surface area contributed by atoms with Gasteiger partial charge in [-0.25, -0.2) is 13.6 Å². The molecule has 1 saturated heterocycles. The summed E-state index contributed by atoms with van der Waals surface area (Å²) in [6.45, 7) is 4.79. The van der Waals surface area contributed by atoms with Gasteiger partial charge in [-0.2, -0.15) is 0 Å². The zero-order valence-electron chi connectivity index (χ0n) is 11.8. The number of carbonyl (C=O) groups is 1. The lowest BCUT2D eigenvalue weighted by Gasteiger charge is -2.44. The zero-order valence-corrected chi connectivity index (χ0v) is 13.4. The van der Waals surface area contributed by atoms with Crippen molar-refractivity contribution in [1.29, 1.82) is 0 Å². The molecule has 1 amide bonds. The fourth-order valence-electron chi connectivity index (χ4n) is 2.71. The number of anilines is 1. The van der Waals surface area contributed by atoms with E-state index in [0.717, 1.165) is 6.07 Å². The summed E-state index contributed by atoms with van der Waals surface area (Å²) >= 11 is 2.95. The number of nitrogens with zero attached hydrogens (tertiary/aromatic N) is 1. The van der Waals surface area contributed by atoms with Crippen molar-refractivity contribution in [3.63, 3.8) is 0 Å². The Morgan fingerprint density at radius 1 is 1.43 bits per heavy atom. The third-order valence-electron chi connectivity index (χ3n) is 3.53. The van der Waals surface area contributed by atoms with Crippen molar-refractivity contribution in [2.75, 3.05) is 18.0 Å². The molecular weight excluding hydrogens is 346 g/mol. The number of hydrogen-bond donors (Lipinski definition) is 2. The third-order valence-corrected chi connectivity index (χ3v) is 4.14. The van der Waals surface area contributed by atoms with Crippen molar-refractivity contribution in [1.82, 2.24) is 5.32 Å². The molecule has 116 valence electrons. The molecule has 0 bridgehead atoms. The molecule has 0 aliphatic carbocycles. The van der Waals surface area contributed by atoms with E-state index in [9.17, 15) is 13.6 Å². The summed E-state index contributed by atoms with van der Waals surface area (Å²) < 4.78 is 27.4. The van der Waals surface area contributed by atoms with Crippen LogP contribution in [0.2, 0.25) is 0 Å². The van der Waals surface area contributed by atoms with Crippen LogP contribution in [-0.2, 0) is 0 Å². The summed E-state index contributed by atoms with van der Waals surface area (Å²) in [7, 11) is 0. The van der Waals surface area contributed by atoms with Crippen LogP contribution in [0.15, 0.2) is 16.6 Å². The number of halogens is 3. The molecule has 0 atom stereocenters. The van der Waals surface area contributed by atoms with Crippen LogP contribution in [0.1, 0.15) is 20.3 Å². The van der Waals surface area contributed by atoms with Crippen LogP contribution in [0.25, 0.3) is 0 Å². The minimum absolute atomic E-state index is 0.104. The highest BCUT2D eigenvalue weighted by Gasteiger charge is 2.34. The molecule has 2 rings (SSSR count). The molecule has 2 N–H and O–H groups in total. The Labute approximate surface area is 130 Å². The molecule has 7 heteroatoms. The zero-order chi connectivity index (χ0) is 15.8. The predicted octanol–water partition coefficient (Wildman–Crippen LogP) is 3.60. The fourth-order valence-corrected chi connectivity index (χ4v) is 3.03. The van der Waals surface area contributed by atoms with Gasteiger partial charge in [-0.3, -0.25) is 0 Å². The van der Waals surface area contributed by atoms with E-state index >= 15 is 0 Å². The molecule has 0 unspecified atom stereocenters. The Morgan fingerprint density at radius 2 is 2.05 bits per heavy atom. The van der Waals surface area contributed by atoms with Crippen molar-refractivity contribution >= 4 is 27.7 Å². The average molecular weight is 363 g/mol. The van der Waals surface area contributed by atoms with Crippen molar-refractivity contribution in [2.45, 2.75) is 25.8 Å². The van der Waals surface area contributed by atoms with Crippen LogP contribution in [0.4, 0.5) is 19.3 Å². The summed E-state index contributed by atoms with van der Waals surface area (Å²) in [5, 5.41) is 11.2. The number of benzene rings is 1. The Balaban J connectivity index is 1.95. The minimum atomic E-state index is -1.06. The molecule has 1 aromatic carbocycles. The SMILES string of the molecule is CC(C)(CC1CN(c2cc(F)c(Br)cc2F)C1)NC(=O)O. The lowest BCUT2D eigenvalue weighted by atomic mass is 9.85. The van der Waals surface area contributed by atoms with E-state index in [2.05, 4.69) is 21.2 Å². The fraction of sp³-hybridized carbons (Fsp3) is 0.500. The summed E-state index contributed by atoms with van der Waals surface area (Å²) in [6.07, 6.45) is -0.409. The van der Waals surface area contributed by atoms with Crippen LogP contribution < -0.4 is 10.2 Å². The molecule has 1 aromatic rings. The molecule has 0 radical (unpaired) electrons. The highest BCUT2D eigenvalue weighted by molar-refractivity contribution is 9.10. The van der Waals surface area contributed by atoms with Gasteiger partial charge in [-0.1, -0.05) is 0 Å². The Bertz CT molecular complexity index is 560. The number of carboxylic acid groups (broad SMARTS) is 1. The maximum absolute atomic E-state index is 13.8. The standard InChI is InChI=1S/C14H17BrF2N2O2/c1-14(2,18-13(20)21)5-8-6-19(7-8)12-4-10(16)9(15)3-11(12)17/h3-4,8,18H,5-7H2,1-2H3,(H,20,21). The molecule has 0 aromatic heterocycles. The maximum atomic E-state index is 13.8. The molecule has 4 nitrogen and oxygen atoms in total. The van der Waals surface area contributed by atoms with E-state index < -0.39 is 23.3 Å². The van der Waals surface area contributed by atoms with Crippen LogP contribution >= 0.6 is 15.9 Å². The smallest absolute Gasteiger partial charge is 0.405 e. The van der Waals surface area contributed by atoms with Gasteiger partial charge in [0, 0.05) is 24.7 Å². The number of hydrogen-bond acceptors (Lipinski definition) is 2. The Hall–Kier alpha value is -1.37. The molecule has 0 saturated carbocycles. The molecule has 1 fully saturated rings. The first-order valence-corrected chi connectivity index (χ1v) is 7.38. The molecule has 0 spiro atoms. The Morgan fingerprint density at radius 3 is 2.62 bits per heavy atom. The van der Waals surface area contributed by atoms with Crippen molar-refractivity contribution in [3.8, 4) is 0 Å². The van der Waals surface area contributed by atoms with Crippen LogP contribution in [-0.4, -0.2) is 29.8 Å². The molecular formula is C14H17BrF2N2O2. The van der Waals surface area contributed by atoms with Crippen molar-refractivity contribution in [3.05, 3.63) is 28.2 Å². The third kappa shape index (κ3) is 3.84. The van der Waals surface area contributed by atoms with E-state index in [1.807, 2.05) is 13.8 Å². The molecule has 21 heavy (non-hydrogen) atoms. The second-order valence-corrected chi connectivity index (χ2v) is 6.86. The number of amides is 1. The van der Waals surface area contributed by atoms with Gasteiger partial charge in [0.15, 0.2) is 0 Å². The quantitative estimate of drug-likeness (QED) is 0.804. The topological polar surface area (TPSA) is 52.6 Å². The summed E-state index contributed by atoms with van der Waals surface area (Å²) in [5.41, 5.74) is -0.289. The maximum Gasteiger partial charge on any atom is 0.405 e. The van der Waals surface area contributed by atoms with E-state index in [4.69, 9.17) is 5.11 Å². The normalized spacial score (nSPS) is 15.8. The first-order valence-electron chi connectivity index (χ1n) is 6.58. The van der Waals surface area contributed by atoms with Crippen molar-refractivity contribution in [2.24, 2.45) is 5.92 Å². The lowest BCUT2D eigenvalue weighted by Crippen LogP contribution is -2.53. The molecule has 1 aliphatic heterocycles. The minimum Gasteiger partial charge on any atom is -0.465 e. The van der Waals surface area contributed by atoms with Gasteiger partial charge in [0.1, 0.15) is 11.6 Å². The second kappa shape index (κ2) is 5.79. The number of rotatable bonds is 4. The predicted molar refractivity (Wildman–Crippen MR) is 79.6 cm³/mol. The van der Waals surface area contributed by atoms with E-state index in [1.54, 1.807) is 4.90 Å². The van der Waals surface area contributed by atoms with Gasteiger partial charge < -0.3 is 15.3 Å². The highest BCUT2D eigenvalue weighted by atomic mass is 79.9. The van der Waals surface area contributed by atoms with E-state index in [1.165, 1.54) is 6.07 Å². The van der Waals surface area contributed by atoms with Gasteiger partial charge in [-0.15, -0.1) is 0 Å². The summed E-state index contributed by atoms with van der Waals surface area (Å²) in [5.74, 6) is -0.717. The molecule has 1 aliphatic rings. The van der Waals surface area contributed by atoms with E-state index in [-0.39, 0.29) is 16.1 Å². The first kappa shape index (κ1) is 16.0. The van der Waals surface area contributed by atoms with Gasteiger partial charge >= 0.3 is 6.09 Å². The van der Waals surface area contributed by atoms with Crippen LogP contribution in [0.5, 0.6) is 0 Å². The van der Waals surface area contributed by atoms with Gasteiger partial charge in [-0.05, 0) is 48.2 Å². The summed E-state index contributed by atoms with van der Waals surface area (Å²) in [6, 6.07) is 2.30. The van der Waals surface area contributed by atoms with Crippen LogP contribution in [0, 0.1) is 17.6 Å². The van der Waals surface area contributed by atoms with Gasteiger partial charge in [0.2, 0.25) is 0 Å². The van der Waals surface area contributed by atoms with E-state index in [0.29, 0.717) is 19.5 Å². The average Bonchev–Trinajstić information content (AvgIpc) is 2.27. The van der Waals surface area contributed by atoms with Gasteiger partial charge in [0.25, 0.3) is 0 Å². The Kier molecular flexibility index (Phi) is 4.41. The lowest BCUT2D eigenvalue weighted by molar-refractivity contribution is 0.173. The second-order valence-electron chi connectivity index (χ2n) is 6.01. The van der Waals surface area contributed by atoms with Crippen molar-refractivity contribution < 1.29 is 18.7 Å². The first-order chi connectivity index (χ1) is 9.68.